The van der Waals surface area contributed by atoms with E-state index in [-0.39, 0.29) is 24.7 Å². The molecule has 0 aliphatic carbocycles. The highest BCUT2D eigenvalue weighted by Gasteiger charge is 2.39. The van der Waals surface area contributed by atoms with E-state index in [0.29, 0.717) is 11.4 Å². The lowest BCUT2D eigenvalue weighted by atomic mass is 10.3. The molecule has 1 atom stereocenters. The van der Waals surface area contributed by atoms with E-state index in [1.165, 1.54) is 16.7 Å². The number of para-hydroxylation sites is 1. The minimum atomic E-state index is -0.899. The van der Waals surface area contributed by atoms with Crippen molar-refractivity contribution in [3.63, 3.8) is 0 Å². The molecule has 0 bridgehead atoms. The highest BCUT2D eigenvalue weighted by Crippen LogP contribution is 2.29. The Kier molecular flexibility index (Phi) is 4.21. The summed E-state index contributed by atoms with van der Waals surface area (Å²) < 4.78 is 0. The van der Waals surface area contributed by atoms with E-state index >= 15 is 0 Å². The van der Waals surface area contributed by atoms with Gasteiger partial charge >= 0.3 is 5.97 Å². The molecular weight excluding hydrogens is 266 g/mol. The van der Waals surface area contributed by atoms with Crippen LogP contribution in [0.4, 0.5) is 5.69 Å². The van der Waals surface area contributed by atoms with Gasteiger partial charge in [0.15, 0.2) is 0 Å². The lowest BCUT2D eigenvalue weighted by Gasteiger charge is -2.14. The summed E-state index contributed by atoms with van der Waals surface area (Å²) in [5, 5.41) is 8.09. The van der Waals surface area contributed by atoms with Crippen molar-refractivity contribution < 1.29 is 19.5 Å². The van der Waals surface area contributed by atoms with Gasteiger partial charge in [0.1, 0.15) is 0 Å². The number of amides is 2. The van der Waals surface area contributed by atoms with Crippen molar-refractivity contribution in [3.8, 4) is 0 Å². The summed E-state index contributed by atoms with van der Waals surface area (Å²) in [4.78, 5) is 35.6. The Balaban J connectivity index is 2.03. The van der Waals surface area contributed by atoms with Crippen molar-refractivity contribution in [1.82, 2.24) is 0 Å². The number of benzene rings is 1. The number of nitrogens with zero attached hydrogens (tertiary/aromatic N) is 1. The van der Waals surface area contributed by atoms with Gasteiger partial charge in [-0.05, 0) is 12.1 Å². The van der Waals surface area contributed by atoms with Gasteiger partial charge in [0.25, 0.3) is 0 Å². The number of aliphatic carboxylic acids is 1. The normalized spacial score (nSPS) is 18.9. The molecule has 2 rings (SSSR count). The summed E-state index contributed by atoms with van der Waals surface area (Å²) in [6.07, 6.45) is 0.131. The monoisotopic (exact) mass is 279 g/mol. The minimum absolute atomic E-state index is 0.00598. The number of carbonyl (C=O) groups excluding carboxylic acids is 2. The minimum Gasteiger partial charge on any atom is -0.481 e. The predicted octanol–water partition coefficient (Wildman–Crippen LogP) is 1.53. The number of thioether (sulfide) groups is 1. The number of hydrogen-bond acceptors (Lipinski definition) is 4. The van der Waals surface area contributed by atoms with E-state index in [4.69, 9.17) is 5.11 Å². The van der Waals surface area contributed by atoms with Crippen molar-refractivity contribution in [2.45, 2.75) is 18.1 Å². The summed E-state index contributed by atoms with van der Waals surface area (Å²) in [6, 6.07) is 8.76. The largest absolute Gasteiger partial charge is 0.481 e. The van der Waals surface area contributed by atoms with Gasteiger partial charge in [-0.1, -0.05) is 18.2 Å². The molecule has 100 valence electrons. The van der Waals surface area contributed by atoms with Crippen molar-refractivity contribution in [1.29, 1.82) is 0 Å². The summed E-state index contributed by atoms with van der Waals surface area (Å²) >= 11 is 1.23. The first-order valence-electron chi connectivity index (χ1n) is 5.85. The molecule has 1 aliphatic heterocycles. The first-order chi connectivity index (χ1) is 9.09. The maximum absolute atomic E-state index is 12.1. The van der Waals surface area contributed by atoms with Crippen LogP contribution in [0.1, 0.15) is 12.8 Å². The zero-order valence-corrected chi connectivity index (χ0v) is 10.9. The van der Waals surface area contributed by atoms with Crippen LogP contribution in [0.2, 0.25) is 0 Å². The van der Waals surface area contributed by atoms with Crippen LogP contribution >= 0.6 is 11.8 Å². The quantitative estimate of drug-likeness (QED) is 0.827. The van der Waals surface area contributed by atoms with Gasteiger partial charge in [0, 0.05) is 12.2 Å². The second-order valence-corrected chi connectivity index (χ2v) is 5.42. The maximum Gasteiger partial charge on any atom is 0.304 e. The molecule has 1 aromatic carbocycles. The number of carbonyl (C=O) groups is 3. The fraction of sp³-hybridized carbons (Fsp3) is 0.308. The predicted molar refractivity (Wildman–Crippen MR) is 72.1 cm³/mol. The van der Waals surface area contributed by atoms with Crippen LogP contribution in [0.15, 0.2) is 30.3 Å². The first-order valence-corrected chi connectivity index (χ1v) is 6.89. The fourth-order valence-corrected chi connectivity index (χ4v) is 2.96. The number of hydrogen-bond donors (Lipinski definition) is 1. The van der Waals surface area contributed by atoms with Gasteiger partial charge in [-0.25, -0.2) is 4.90 Å². The zero-order chi connectivity index (χ0) is 13.8. The second-order valence-electron chi connectivity index (χ2n) is 4.11. The Morgan fingerprint density at radius 2 is 2.00 bits per heavy atom. The standard InChI is InChI=1S/C13H13NO4S/c15-11-8-10(19-7-6-12(16)17)13(18)14(11)9-4-2-1-3-5-9/h1-5,10H,6-8H2,(H,16,17)/t10-/m1/s1. The maximum atomic E-state index is 12.1. The molecule has 1 fully saturated rings. The molecule has 1 saturated heterocycles. The fourth-order valence-electron chi connectivity index (χ4n) is 1.87. The van der Waals surface area contributed by atoms with E-state index in [2.05, 4.69) is 0 Å². The molecule has 1 aliphatic rings. The van der Waals surface area contributed by atoms with E-state index in [0.717, 1.165) is 0 Å². The SMILES string of the molecule is O=C(O)CCS[C@@H]1CC(=O)N(c2ccccc2)C1=O. The third-order valence-corrected chi connectivity index (χ3v) is 3.97. The molecule has 2 amide bonds. The topological polar surface area (TPSA) is 74.7 Å². The lowest BCUT2D eigenvalue weighted by molar-refractivity contribution is -0.136. The molecule has 5 nitrogen and oxygen atoms in total. The summed E-state index contributed by atoms with van der Waals surface area (Å²) in [6.45, 7) is 0. The van der Waals surface area contributed by atoms with Gasteiger partial charge < -0.3 is 5.11 Å². The molecule has 1 heterocycles. The molecule has 0 radical (unpaired) electrons. The molecule has 0 aromatic heterocycles. The lowest BCUT2D eigenvalue weighted by Crippen LogP contribution is -2.31. The number of anilines is 1. The third kappa shape index (κ3) is 3.14. The average molecular weight is 279 g/mol. The van der Waals surface area contributed by atoms with Crippen molar-refractivity contribution in [2.24, 2.45) is 0 Å². The van der Waals surface area contributed by atoms with Crippen LogP contribution in [0.3, 0.4) is 0 Å². The molecule has 6 heteroatoms. The van der Waals surface area contributed by atoms with E-state index < -0.39 is 11.2 Å². The van der Waals surface area contributed by atoms with Gasteiger partial charge in [-0.15, -0.1) is 11.8 Å². The number of carboxylic acids is 1. The Bertz CT molecular complexity index is 503. The summed E-state index contributed by atoms with van der Waals surface area (Å²) in [5.41, 5.74) is 0.568. The number of imide groups is 1. The van der Waals surface area contributed by atoms with Gasteiger partial charge in [0.2, 0.25) is 11.8 Å². The molecule has 1 aromatic rings. The van der Waals surface area contributed by atoms with E-state index in [1.54, 1.807) is 24.3 Å². The Morgan fingerprint density at radius 3 is 2.63 bits per heavy atom. The first kappa shape index (κ1) is 13.6. The summed E-state index contributed by atoms with van der Waals surface area (Å²) in [7, 11) is 0. The van der Waals surface area contributed by atoms with Crippen molar-refractivity contribution >= 4 is 35.2 Å². The Labute approximate surface area is 114 Å². The van der Waals surface area contributed by atoms with Gasteiger partial charge in [-0.2, -0.15) is 0 Å². The highest BCUT2D eigenvalue weighted by atomic mass is 32.2. The molecule has 0 unspecified atom stereocenters. The highest BCUT2D eigenvalue weighted by molar-refractivity contribution is 8.00. The molecule has 0 saturated carbocycles. The van der Waals surface area contributed by atoms with Gasteiger partial charge in [0.05, 0.1) is 17.4 Å². The molecule has 19 heavy (non-hydrogen) atoms. The molecular formula is C13H13NO4S. The van der Waals surface area contributed by atoms with Crippen LogP contribution in [-0.4, -0.2) is 33.9 Å². The molecule has 0 spiro atoms. The smallest absolute Gasteiger partial charge is 0.304 e. The Morgan fingerprint density at radius 1 is 1.32 bits per heavy atom. The van der Waals surface area contributed by atoms with Crippen molar-refractivity contribution in [3.05, 3.63) is 30.3 Å². The molecule has 1 N–H and O–H groups in total. The summed E-state index contributed by atoms with van der Waals surface area (Å²) in [5.74, 6) is -1.05. The van der Waals surface area contributed by atoms with Crippen LogP contribution in [0.25, 0.3) is 0 Å². The van der Waals surface area contributed by atoms with Crippen molar-refractivity contribution in [2.75, 3.05) is 10.7 Å². The van der Waals surface area contributed by atoms with E-state index in [1.807, 2.05) is 6.07 Å². The zero-order valence-electron chi connectivity index (χ0n) is 10.1. The van der Waals surface area contributed by atoms with Crippen LogP contribution in [0, 0.1) is 0 Å². The number of carboxylic acid groups (broad SMARTS) is 1. The average Bonchev–Trinajstić information content (AvgIpc) is 2.65. The Hall–Kier alpha value is -1.82. The second kappa shape index (κ2) is 5.88. The third-order valence-electron chi connectivity index (χ3n) is 2.75. The van der Waals surface area contributed by atoms with Crippen LogP contribution < -0.4 is 4.90 Å². The van der Waals surface area contributed by atoms with E-state index in [9.17, 15) is 14.4 Å². The van der Waals surface area contributed by atoms with Gasteiger partial charge in [-0.3, -0.25) is 14.4 Å². The van der Waals surface area contributed by atoms with Crippen LogP contribution in [-0.2, 0) is 14.4 Å². The number of rotatable bonds is 5. The van der Waals surface area contributed by atoms with Crippen LogP contribution in [0.5, 0.6) is 0 Å².